The molecule has 0 amide bonds. The fraction of sp³-hybridized carbons (Fsp3) is 0.0769. The van der Waals surface area contributed by atoms with Crippen LogP contribution in [0.2, 0.25) is 0 Å². The molecule has 0 saturated heterocycles. The molecule has 0 spiro atoms. The molecule has 0 atom stereocenters. The molecule has 0 aliphatic heterocycles. The lowest BCUT2D eigenvalue weighted by Crippen LogP contribution is -2.25. The second kappa shape index (κ2) is 6.57. The van der Waals surface area contributed by atoms with Crippen LogP contribution in [0.4, 0.5) is 5.69 Å². The molecule has 10 heteroatoms. The monoisotopic (exact) mass is 419 g/mol. The number of anilines is 1. The van der Waals surface area contributed by atoms with Gasteiger partial charge in [-0.05, 0) is 33.6 Å². The van der Waals surface area contributed by atoms with Crippen LogP contribution in [-0.4, -0.2) is 16.8 Å². The van der Waals surface area contributed by atoms with E-state index in [0.29, 0.717) is 0 Å². The molecule has 2 aromatic carbocycles. The summed E-state index contributed by atoms with van der Waals surface area (Å²) >= 11 is 3.01. The number of hydrogen-bond acceptors (Lipinski definition) is 5. The van der Waals surface area contributed by atoms with E-state index in [-0.39, 0.29) is 26.5 Å². The number of rotatable bonds is 5. The van der Waals surface area contributed by atoms with Crippen molar-refractivity contribution in [2.24, 2.45) is 5.14 Å². The quantitative estimate of drug-likeness (QED) is 0.625. The molecule has 2 aromatic rings. The van der Waals surface area contributed by atoms with Gasteiger partial charge in [0.15, 0.2) is 0 Å². The lowest BCUT2D eigenvalue weighted by Gasteiger charge is -2.12. The topological polar surface area (TPSA) is 132 Å². The van der Waals surface area contributed by atoms with Crippen molar-refractivity contribution in [3.8, 4) is 0 Å². The fourth-order valence-electron chi connectivity index (χ4n) is 1.85. The largest absolute Gasteiger partial charge is 0.398 e. The third-order valence-electron chi connectivity index (χ3n) is 2.97. The number of nitrogens with two attached hydrogens (primary N) is 2. The van der Waals surface area contributed by atoms with Crippen molar-refractivity contribution < 1.29 is 16.8 Å². The fourth-order valence-corrected chi connectivity index (χ4v) is 4.73. The molecule has 0 aliphatic rings. The Morgan fingerprint density at radius 1 is 1.00 bits per heavy atom. The van der Waals surface area contributed by atoms with E-state index in [1.807, 2.05) is 6.07 Å². The van der Waals surface area contributed by atoms with Crippen molar-refractivity contribution in [3.63, 3.8) is 0 Å². The lowest BCUT2D eigenvalue weighted by molar-refractivity contribution is 0.581. The number of sulfonamides is 2. The first-order valence-corrected chi connectivity index (χ1v) is 10.1. The van der Waals surface area contributed by atoms with E-state index in [0.717, 1.165) is 11.6 Å². The van der Waals surface area contributed by atoms with Gasteiger partial charge >= 0.3 is 0 Å². The van der Waals surface area contributed by atoms with E-state index in [4.69, 9.17) is 10.9 Å². The zero-order chi connectivity index (χ0) is 17.3. The number of halogens is 1. The third-order valence-corrected chi connectivity index (χ3v) is 6.30. The van der Waals surface area contributed by atoms with Gasteiger partial charge < -0.3 is 5.73 Å². The Hall–Kier alpha value is -1.46. The first-order chi connectivity index (χ1) is 10.6. The molecule has 0 heterocycles. The van der Waals surface area contributed by atoms with Crippen LogP contribution in [0, 0.1) is 0 Å². The summed E-state index contributed by atoms with van der Waals surface area (Å²) in [4.78, 5) is -0.701. The van der Waals surface area contributed by atoms with E-state index in [1.165, 1.54) is 6.07 Å². The van der Waals surface area contributed by atoms with Gasteiger partial charge in [0.05, 0.1) is 10.6 Å². The van der Waals surface area contributed by atoms with Gasteiger partial charge in [-0.15, -0.1) is 0 Å². The van der Waals surface area contributed by atoms with Gasteiger partial charge in [-0.25, -0.2) is 26.7 Å². The van der Waals surface area contributed by atoms with Gasteiger partial charge in [0.2, 0.25) is 20.0 Å². The lowest BCUT2D eigenvalue weighted by atomic mass is 10.2. The van der Waals surface area contributed by atoms with Crippen LogP contribution in [-0.2, 0) is 26.6 Å². The van der Waals surface area contributed by atoms with Crippen molar-refractivity contribution in [3.05, 3.63) is 52.5 Å². The first kappa shape index (κ1) is 17.9. The summed E-state index contributed by atoms with van der Waals surface area (Å²) in [6.07, 6.45) is 0. The van der Waals surface area contributed by atoms with Gasteiger partial charge in [0.25, 0.3) is 0 Å². The minimum atomic E-state index is -4.09. The average Bonchev–Trinajstić information content (AvgIpc) is 2.44. The number of nitrogen functional groups attached to an aromatic ring is 1. The summed E-state index contributed by atoms with van der Waals surface area (Å²) in [5.74, 6) is 0. The maximum Gasteiger partial charge on any atom is 0.242 e. The molecule has 7 nitrogen and oxygen atoms in total. The summed E-state index contributed by atoms with van der Waals surface area (Å²) in [6, 6.07) is 11.0. The Kier molecular flexibility index (Phi) is 5.11. The standard InChI is InChI=1S/C13H14BrN3O4S2/c14-10-6-11(15)13(7-12(10)22(16,18)19)23(20,21)17-8-9-4-2-1-3-5-9/h1-7,17H,8,15H2,(H2,16,18,19). The minimum absolute atomic E-state index is 0.0450. The summed E-state index contributed by atoms with van der Waals surface area (Å²) < 4.78 is 50.2. The second-order valence-corrected chi connectivity index (χ2v) is 8.80. The summed E-state index contributed by atoms with van der Waals surface area (Å²) in [7, 11) is -8.10. The molecule has 0 aromatic heterocycles. The van der Waals surface area contributed by atoms with Crippen LogP contribution in [0.25, 0.3) is 0 Å². The predicted octanol–water partition coefficient (Wildman–Crippen LogP) is 1.16. The molecular weight excluding hydrogens is 406 g/mol. The predicted molar refractivity (Wildman–Crippen MR) is 90.4 cm³/mol. The van der Waals surface area contributed by atoms with Crippen LogP contribution in [0.1, 0.15) is 5.56 Å². The van der Waals surface area contributed by atoms with Crippen LogP contribution in [0.15, 0.2) is 56.7 Å². The van der Waals surface area contributed by atoms with Crippen LogP contribution >= 0.6 is 15.9 Å². The van der Waals surface area contributed by atoms with E-state index < -0.39 is 20.0 Å². The zero-order valence-electron chi connectivity index (χ0n) is 11.7. The maximum atomic E-state index is 12.4. The molecule has 0 unspecified atom stereocenters. The van der Waals surface area contributed by atoms with Crippen molar-refractivity contribution in [1.82, 2.24) is 4.72 Å². The summed E-state index contributed by atoms with van der Waals surface area (Å²) in [5, 5.41) is 5.07. The molecule has 5 N–H and O–H groups in total. The summed E-state index contributed by atoms with van der Waals surface area (Å²) in [5.41, 5.74) is 6.36. The number of primary sulfonamides is 1. The molecule has 0 bridgehead atoms. The molecule has 124 valence electrons. The maximum absolute atomic E-state index is 12.4. The highest BCUT2D eigenvalue weighted by Crippen LogP contribution is 2.29. The highest BCUT2D eigenvalue weighted by molar-refractivity contribution is 9.10. The van der Waals surface area contributed by atoms with E-state index in [2.05, 4.69) is 20.7 Å². The second-order valence-electron chi connectivity index (χ2n) is 4.68. The normalized spacial score (nSPS) is 12.3. The van der Waals surface area contributed by atoms with E-state index >= 15 is 0 Å². The zero-order valence-corrected chi connectivity index (χ0v) is 14.9. The molecule has 0 aliphatic carbocycles. The third kappa shape index (κ3) is 4.30. The van der Waals surface area contributed by atoms with E-state index in [1.54, 1.807) is 24.3 Å². The van der Waals surface area contributed by atoms with Crippen LogP contribution < -0.4 is 15.6 Å². The highest BCUT2D eigenvalue weighted by Gasteiger charge is 2.23. The van der Waals surface area contributed by atoms with Crippen molar-refractivity contribution in [2.45, 2.75) is 16.3 Å². The minimum Gasteiger partial charge on any atom is -0.398 e. The summed E-state index contributed by atoms with van der Waals surface area (Å²) in [6.45, 7) is 0.0450. The SMILES string of the molecule is Nc1cc(Br)c(S(N)(=O)=O)cc1S(=O)(=O)NCc1ccccc1. The number of hydrogen-bond donors (Lipinski definition) is 3. The molecule has 2 rings (SSSR count). The van der Waals surface area contributed by atoms with Gasteiger partial charge in [-0.1, -0.05) is 30.3 Å². The van der Waals surface area contributed by atoms with Crippen molar-refractivity contribution >= 4 is 41.7 Å². The van der Waals surface area contributed by atoms with E-state index in [9.17, 15) is 16.8 Å². The average molecular weight is 420 g/mol. The number of nitrogens with one attached hydrogen (secondary N) is 1. The molecule has 0 saturated carbocycles. The molecule has 23 heavy (non-hydrogen) atoms. The van der Waals surface area contributed by atoms with Gasteiger partial charge in [0, 0.05) is 11.0 Å². The highest BCUT2D eigenvalue weighted by atomic mass is 79.9. The Balaban J connectivity index is 2.40. The first-order valence-electron chi connectivity index (χ1n) is 6.26. The molecule has 0 fully saturated rings. The smallest absolute Gasteiger partial charge is 0.242 e. The Morgan fingerprint density at radius 3 is 2.17 bits per heavy atom. The van der Waals surface area contributed by atoms with Gasteiger partial charge in [-0.3, -0.25) is 0 Å². The van der Waals surface area contributed by atoms with Crippen molar-refractivity contribution in [1.29, 1.82) is 0 Å². The Labute approximate surface area is 142 Å². The Morgan fingerprint density at radius 2 is 1.61 bits per heavy atom. The number of benzene rings is 2. The van der Waals surface area contributed by atoms with Crippen molar-refractivity contribution in [2.75, 3.05) is 5.73 Å². The molecular formula is C13H14BrN3O4S2. The Bertz CT molecular complexity index is 929. The van der Waals surface area contributed by atoms with Gasteiger partial charge in [0.1, 0.15) is 4.90 Å². The van der Waals surface area contributed by atoms with Crippen LogP contribution in [0.5, 0.6) is 0 Å². The van der Waals surface area contributed by atoms with Gasteiger partial charge in [-0.2, -0.15) is 0 Å². The molecule has 0 radical (unpaired) electrons. The van der Waals surface area contributed by atoms with Crippen LogP contribution in [0.3, 0.4) is 0 Å².